The number of benzene rings is 2. The molecular weight excluding hydrogens is 358 g/mol. The minimum absolute atomic E-state index is 0.158. The number of amides is 1. The summed E-state index contributed by atoms with van der Waals surface area (Å²) in [6, 6.07) is 13.1. The third-order valence-electron chi connectivity index (χ3n) is 3.28. The van der Waals surface area contributed by atoms with E-state index < -0.39 is 5.97 Å². The summed E-state index contributed by atoms with van der Waals surface area (Å²) in [5.74, 6) is -0.778. The molecule has 0 saturated carbocycles. The van der Waals surface area contributed by atoms with Gasteiger partial charge in [0.2, 0.25) is 0 Å². The van der Waals surface area contributed by atoms with Crippen LogP contribution in [0.4, 0.5) is 5.69 Å². The standard InChI is InChI=1S/C18H18BrNO3/c1-12-3-5-14(6-4-12)10-18(22)23-11-17(21)20-15-7-8-16(19)13(2)9-15/h3-9H,10-11H2,1-2H3,(H,20,21). The number of carbonyl (C=O) groups excluding carboxylic acids is 2. The summed E-state index contributed by atoms with van der Waals surface area (Å²) in [5, 5.41) is 2.70. The van der Waals surface area contributed by atoms with Crippen LogP contribution in [0, 0.1) is 13.8 Å². The van der Waals surface area contributed by atoms with Crippen molar-refractivity contribution in [2.24, 2.45) is 0 Å². The van der Waals surface area contributed by atoms with Crippen molar-refractivity contribution in [2.75, 3.05) is 11.9 Å². The summed E-state index contributed by atoms with van der Waals surface area (Å²) in [4.78, 5) is 23.6. The van der Waals surface area contributed by atoms with Gasteiger partial charge in [-0.1, -0.05) is 45.8 Å². The Balaban J connectivity index is 1.80. The van der Waals surface area contributed by atoms with Crippen LogP contribution in [0.15, 0.2) is 46.9 Å². The number of hydrogen-bond acceptors (Lipinski definition) is 3. The van der Waals surface area contributed by atoms with Crippen LogP contribution in [-0.4, -0.2) is 18.5 Å². The van der Waals surface area contributed by atoms with Crippen LogP contribution in [0.25, 0.3) is 0 Å². The SMILES string of the molecule is Cc1ccc(CC(=O)OCC(=O)Nc2ccc(Br)c(C)c2)cc1. The highest BCUT2D eigenvalue weighted by Gasteiger charge is 2.09. The fourth-order valence-corrected chi connectivity index (χ4v) is 2.24. The first-order valence-electron chi connectivity index (χ1n) is 7.21. The van der Waals surface area contributed by atoms with Crippen molar-refractivity contribution in [3.05, 3.63) is 63.6 Å². The lowest BCUT2D eigenvalue weighted by molar-refractivity contribution is -0.146. The number of hydrogen-bond donors (Lipinski definition) is 1. The van der Waals surface area contributed by atoms with Gasteiger partial charge >= 0.3 is 5.97 Å². The third-order valence-corrected chi connectivity index (χ3v) is 4.16. The van der Waals surface area contributed by atoms with Gasteiger partial charge in [0.25, 0.3) is 5.91 Å². The highest BCUT2D eigenvalue weighted by molar-refractivity contribution is 9.10. The predicted octanol–water partition coefficient (Wildman–Crippen LogP) is 3.79. The molecular formula is C18H18BrNO3. The second-order valence-electron chi connectivity index (χ2n) is 5.34. The van der Waals surface area contributed by atoms with Crippen molar-refractivity contribution in [3.63, 3.8) is 0 Å². The Kier molecular flexibility index (Phi) is 5.93. The van der Waals surface area contributed by atoms with E-state index in [4.69, 9.17) is 4.74 Å². The van der Waals surface area contributed by atoms with Crippen LogP contribution in [-0.2, 0) is 20.7 Å². The highest BCUT2D eigenvalue weighted by Crippen LogP contribution is 2.19. The third kappa shape index (κ3) is 5.53. The van der Waals surface area contributed by atoms with Gasteiger partial charge in [0.05, 0.1) is 6.42 Å². The Bertz CT molecular complexity index is 711. The first-order valence-corrected chi connectivity index (χ1v) is 8.00. The summed E-state index contributed by atoms with van der Waals surface area (Å²) in [6.45, 7) is 3.62. The lowest BCUT2D eigenvalue weighted by atomic mass is 10.1. The number of aryl methyl sites for hydroxylation is 2. The Hall–Kier alpha value is -2.14. The van der Waals surface area contributed by atoms with Crippen molar-refractivity contribution >= 4 is 33.5 Å². The number of halogens is 1. The molecule has 0 spiro atoms. The second kappa shape index (κ2) is 7.92. The molecule has 0 fully saturated rings. The molecule has 0 unspecified atom stereocenters. The molecule has 0 bridgehead atoms. The molecule has 0 atom stereocenters. The maximum Gasteiger partial charge on any atom is 0.310 e. The minimum atomic E-state index is -0.420. The Morgan fingerprint density at radius 2 is 1.78 bits per heavy atom. The van der Waals surface area contributed by atoms with Crippen LogP contribution >= 0.6 is 15.9 Å². The molecule has 2 aromatic carbocycles. The molecule has 1 N–H and O–H groups in total. The molecule has 0 heterocycles. The summed E-state index contributed by atoms with van der Waals surface area (Å²) >= 11 is 3.40. The Morgan fingerprint density at radius 1 is 1.09 bits per heavy atom. The smallest absolute Gasteiger partial charge is 0.310 e. The number of carbonyl (C=O) groups is 2. The lowest BCUT2D eigenvalue weighted by Gasteiger charge is -2.08. The first kappa shape index (κ1) is 17.2. The van der Waals surface area contributed by atoms with Crippen LogP contribution in [0.5, 0.6) is 0 Å². The van der Waals surface area contributed by atoms with Crippen LogP contribution in [0.1, 0.15) is 16.7 Å². The Morgan fingerprint density at radius 3 is 2.43 bits per heavy atom. The van der Waals surface area contributed by atoms with Crippen molar-refractivity contribution in [3.8, 4) is 0 Å². The number of rotatable bonds is 5. The van der Waals surface area contributed by atoms with Gasteiger partial charge in [-0.15, -0.1) is 0 Å². The highest BCUT2D eigenvalue weighted by atomic mass is 79.9. The normalized spacial score (nSPS) is 10.2. The molecule has 0 aliphatic rings. The quantitative estimate of drug-likeness (QED) is 0.808. The molecule has 5 heteroatoms. The van der Waals surface area contributed by atoms with Crippen molar-refractivity contribution in [2.45, 2.75) is 20.3 Å². The van der Waals surface area contributed by atoms with Gasteiger partial charge in [-0.3, -0.25) is 9.59 Å². The van der Waals surface area contributed by atoms with E-state index in [-0.39, 0.29) is 18.9 Å². The van der Waals surface area contributed by atoms with Gasteiger partial charge in [0, 0.05) is 10.2 Å². The maximum absolute atomic E-state index is 11.8. The predicted molar refractivity (Wildman–Crippen MR) is 93.4 cm³/mol. The van der Waals surface area contributed by atoms with E-state index in [2.05, 4.69) is 21.2 Å². The zero-order valence-corrected chi connectivity index (χ0v) is 14.6. The second-order valence-corrected chi connectivity index (χ2v) is 6.19. The molecule has 0 saturated heterocycles. The van der Waals surface area contributed by atoms with E-state index >= 15 is 0 Å². The number of ether oxygens (including phenoxy) is 1. The van der Waals surface area contributed by atoms with E-state index in [1.54, 1.807) is 6.07 Å². The van der Waals surface area contributed by atoms with Crippen molar-refractivity contribution in [1.29, 1.82) is 0 Å². The molecule has 1 amide bonds. The Labute approximate surface area is 144 Å². The van der Waals surface area contributed by atoms with E-state index in [0.29, 0.717) is 5.69 Å². The van der Waals surface area contributed by atoms with Gasteiger partial charge in [-0.2, -0.15) is 0 Å². The first-order chi connectivity index (χ1) is 10.9. The van der Waals surface area contributed by atoms with Crippen LogP contribution < -0.4 is 5.32 Å². The maximum atomic E-state index is 11.8. The van der Waals surface area contributed by atoms with Crippen molar-refractivity contribution in [1.82, 2.24) is 0 Å². The molecule has 2 aromatic rings. The van der Waals surface area contributed by atoms with Gasteiger partial charge in [0.1, 0.15) is 0 Å². The number of esters is 1. The average molecular weight is 376 g/mol. The molecule has 4 nitrogen and oxygen atoms in total. The zero-order chi connectivity index (χ0) is 16.8. The molecule has 0 aliphatic carbocycles. The topological polar surface area (TPSA) is 55.4 Å². The number of anilines is 1. The van der Waals surface area contributed by atoms with Gasteiger partial charge in [0.15, 0.2) is 6.61 Å². The van der Waals surface area contributed by atoms with Crippen LogP contribution in [0.2, 0.25) is 0 Å². The van der Waals surface area contributed by atoms with Crippen LogP contribution in [0.3, 0.4) is 0 Å². The van der Waals surface area contributed by atoms with Gasteiger partial charge < -0.3 is 10.1 Å². The largest absolute Gasteiger partial charge is 0.455 e. The van der Waals surface area contributed by atoms with Gasteiger partial charge in [-0.05, 0) is 43.2 Å². The monoisotopic (exact) mass is 375 g/mol. The summed E-state index contributed by atoms with van der Waals surface area (Å²) < 4.78 is 5.98. The van der Waals surface area contributed by atoms with E-state index in [1.807, 2.05) is 50.2 Å². The average Bonchev–Trinajstić information content (AvgIpc) is 2.51. The van der Waals surface area contributed by atoms with Gasteiger partial charge in [-0.25, -0.2) is 0 Å². The summed E-state index contributed by atoms with van der Waals surface area (Å²) in [5.41, 5.74) is 3.68. The van der Waals surface area contributed by atoms with E-state index in [9.17, 15) is 9.59 Å². The zero-order valence-electron chi connectivity index (χ0n) is 13.1. The summed E-state index contributed by atoms with van der Waals surface area (Å²) in [6.07, 6.45) is 0.158. The number of nitrogens with one attached hydrogen (secondary N) is 1. The molecule has 120 valence electrons. The molecule has 0 aliphatic heterocycles. The molecule has 0 aromatic heterocycles. The molecule has 23 heavy (non-hydrogen) atoms. The lowest BCUT2D eigenvalue weighted by Crippen LogP contribution is -2.21. The molecule has 0 radical (unpaired) electrons. The van der Waals surface area contributed by atoms with E-state index in [0.717, 1.165) is 21.2 Å². The van der Waals surface area contributed by atoms with Crippen molar-refractivity contribution < 1.29 is 14.3 Å². The minimum Gasteiger partial charge on any atom is -0.455 e. The summed E-state index contributed by atoms with van der Waals surface area (Å²) in [7, 11) is 0. The van der Waals surface area contributed by atoms with E-state index in [1.165, 1.54) is 0 Å². The molecule has 2 rings (SSSR count). The fraction of sp³-hybridized carbons (Fsp3) is 0.222. The fourth-order valence-electron chi connectivity index (χ4n) is 1.99.